The van der Waals surface area contributed by atoms with E-state index in [0.717, 1.165) is 66.9 Å². The summed E-state index contributed by atoms with van der Waals surface area (Å²) in [4.78, 5) is 19.1. The molecule has 1 aliphatic rings. The molecule has 3 rings (SSSR count). The quantitative estimate of drug-likeness (QED) is 0.303. The standard InChI is InChI=1S/C24H31N3O2S2/c1-4-20(29-24-25-21-9-5-6-10-22(21)31-24)12-11-18(2)13-16-27-15-7-8-19(14-17-27)23(28)26-30-3/h4-6,9-12,19H,2,7-8,13-17H2,1,3H3,(H,26,28)/b12-11-,20-4+. The van der Waals surface area contributed by atoms with E-state index in [4.69, 9.17) is 4.74 Å². The van der Waals surface area contributed by atoms with Gasteiger partial charge in [0, 0.05) is 18.7 Å². The maximum Gasteiger partial charge on any atom is 0.279 e. The van der Waals surface area contributed by atoms with Gasteiger partial charge in [0.15, 0.2) is 0 Å². The molecule has 1 unspecified atom stereocenters. The van der Waals surface area contributed by atoms with Crippen LogP contribution in [0.4, 0.5) is 0 Å². The number of likely N-dealkylation sites (tertiary alicyclic amines) is 1. The van der Waals surface area contributed by atoms with Gasteiger partial charge in [-0.3, -0.25) is 4.79 Å². The van der Waals surface area contributed by atoms with E-state index in [1.54, 1.807) is 11.3 Å². The summed E-state index contributed by atoms with van der Waals surface area (Å²) in [5, 5.41) is 0.647. The SMILES string of the molecule is C=C(/C=C\C(=C/C)Oc1nc2ccccc2s1)CCN1CCCC(C(=O)NSC)CC1. The molecule has 1 aliphatic heterocycles. The minimum atomic E-state index is 0.137. The summed E-state index contributed by atoms with van der Waals surface area (Å²) >= 11 is 2.93. The predicted molar refractivity (Wildman–Crippen MR) is 132 cm³/mol. The molecule has 7 heteroatoms. The molecule has 0 aliphatic carbocycles. The number of carbonyl (C=O) groups excluding carboxylic acids is 1. The van der Waals surface area contributed by atoms with Crippen molar-refractivity contribution in [2.45, 2.75) is 32.6 Å². The van der Waals surface area contributed by atoms with E-state index in [1.807, 2.05) is 55.7 Å². The minimum Gasteiger partial charge on any atom is -0.431 e. The number of aromatic nitrogens is 1. The third kappa shape index (κ3) is 7.23. The zero-order valence-electron chi connectivity index (χ0n) is 18.3. The molecule has 166 valence electrons. The van der Waals surface area contributed by atoms with Crippen molar-refractivity contribution in [2.24, 2.45) is 5.92 Å². The van der Waals surface area contributed by atoms with E-state index in [0.29, 0.717) is 5.19 Å². The molecule has 1 saturated heterocycles. The number of thiazole rings is 1. The number of carbonyl (C=O) groups is 1. The summed E-state index contributed by atoms with van der Waals surface area (Å²) in [6, 6.07) is 8.03. The smallest absolute Gasteiger partial charge is 0.279 e. The van der Waals surface area contributed by atoms with Crippen molar-refractivity contribution in [1.82, 2.24) is 14.6 Å². The molecule has 1 aromatic heterocycles. The summed E-state index contributed by atoms with van der Waals surface area (Å²) in [6.45, 7) is 9.12. The Morgan fingerprint density at radius 2 is 2.19 bits per heavy atom. The van der Waals surface area contributed by atoms with Crippen LogP contribution in [0.25, 0.3) is 10.2 Å². The Morgan fingerprint density at radius 3 is 2.97 bits per heavy atom. The third-order valence-electron chi connectivity index (χ3n) is 5.39. The van der Waals surface area contributed by atoms with Gasteiger partial charge in [-0.1, -0.05) is 53.6 Å². The predicted octanol–water partition coefficient (Wildman–Crippen LogP) is 5.58. The lowest BCUT2D eigenvalue weighted by Gasteiger charge is -2.20. The second-order valence-corrected chi connectivity index (χ2v) is 9.23. The largest absolute Gasteiger partial charge is 0.431 e. The second-order valence-electron chi connectivity index (χ2n) is 7.62. The van der Waals surface area contributed by atoms with Gasteiger partial charge >= 0.3 is 0 Å². The van der Waals surface area contributed by atoms with Gasteiger partial charge in [0.1, 0.15) is 5.76 Å². The third-order valence-corrected chi connectivity index (χ3v) is 6.71. The van der Waals surface area contributed by atoms with Crippen molar-refractivity contribution in [2.75, 3.05) is 25.9 Å². The van der Waals surface area contributed by atoms with Gasteiger partial charge in [0.25, 0.3) is 5.19 Å². The molecular formula is C24H31N3O2S2. The van der Waals surface area contributed by atoms with Gasteiger partial charge in [-0.2, -0.15) is 0 Å². The van der Waals surface area contributed by atoms with E-state index < -0.39 is 0 Å². The van der Waals surface area contributed by atoms with Crippen LogP contribution in [0.5, 0.6) is 5.19 Å². The molecule has 1 aromatic carbocycles. The Balaban J connectivity index is 1.45. The molecule has 0 saturated carbocycles. The molecule has 31 heavy (non-hydrogen) atoms. The Labute approximate surface area is 193 Å². The van der Waals surface area contributed by atoms with Gasteiger partial charge in [0.05, 0.1) is 10.2 Å². The average Bonchev–Trinajstić information content (AvgIpc) is 3.03. The lowest BCUT2D eigenvalue weighted by molar-refractivity contribution is -0.123. The summed E-state index contributed by atoms with van der Waals surface area (Å²) in [5.41, 5.74) is 2.02. The van der Waals surface area contributed by atoms with Crippen LogP contribution in [-0.4, -0.2) is 41.7 Å². The zero-order valence-corrected chi connectivity index (χ0v) is 19.9. The van der Waals surface area contributed by atoms with Crippen molar-refractivity contribution in [3.8, 4) is 5.19 Å². The van der Waals surface area contributed by atoms with Gasteiger partial charge in [0.2, 0.25) is 5.91 Å². The summed E-state index contributed by atoms with van der Waals surface area (Å²) < 4.78 is 9.95. The molecule has 5 nitrogen and oxygen atoms in total. The van der Waals surface area contributed by atoms with E-state index in [-0.39, 0.29) is 11.8 Å². The van der Waals surface area contributed by atoms with E-state index >= 15 is 0 Å². The summed E-state index contributed by atoms with van der Waals surface area (Å²) in [6.07, 6.45) is 11.7. The lowest BCUT2D eigenvalue weighted by Crippen LogP contribution is -2.28. The van der Waals surface area contributed by atoms with Crippen LogP contribution in [-0.2, 0) is 4.79 Å². The fraction of sp³-hybridized carbons (Fsp3) is 0.417. The van der Waals surface area contributed by atoms with Crippen LogP contribution in [0, 0.1) is 5.92 Å². The molecule has 1 amide bonds. The molecule has 2 heterocycles. The van der Waals surface area contributed by atoms with Crippen LogP contribution in [0.15, 0.2) is 60.4 Å². The lowest BCUT2D eigenvalue weighted by atomic mass is 10.0. The number of nitrogens with one attached hydrogen (secondary N) is 1. The van der Waals surface area contributed by atoms with E-state index in [1.165, 1.54) is 11.9 Å². The van der Waals surface area contributed by atoms with Crippen molar-refractivity contribution < 1.29 is 9.53 Å². The van der Waals surface area contributed by atoms with Crippen LogP contribution in [0.2, 0.25) is 0 Å². The molecule has 0 radical (unpaired) electrons. The monoisotopic (exact) mass is 457 g/mol. The number of para-hydroxylation sites is 1. The number of ether oxygens (including phenoxy) is 1. The van der Waals surface area contributed by atoms with Gasteiger partial charge in [-0.05, 0) is 70.0 Å². The first-order valence-electron chi connectivity index (χ1n) is 10.7. The first-order valence-corrected chi connectivity index (χ1v) is 12.7. The van der Waals surface area contributed by atoms with Crippen LogP contribution < -0.4 is 9.46 Å². The highest BCUT2D eigenvalue weighted by atomic mass is 32.2. The first kappa shape index (κ1) is 23.6. The highest BCUT2D eigenvalue weighted by Crippen LogP contribution is 2.28. The Hall–Kier alpha value is -2.09. The fourth-order valence-corrected chi connectivity index (χ4v) is 4.80. The number of allylic oxidation sites excluding steroid dienone is 3. The number of hydrogen-bond donors (Lipinski definition) is 1. The van der Waals surface area contributed by atoms with Gasteiger partial charge in [-0.15, -0.1) is 0 Å². The number of rotatable bonds is 9. The van der Waals surface area contributed by atoms with Crippen LogP contribution >= 0.6 is 23.3 Å². The molecular weight excluding hydrogens is 426 g/mol. The molecule has 2 aromatic rings. The van der Waals surface area contributed by atoms with Crippen molar-refractivity contribution in [3.05, 3.63) is 60.4 Å². The molecule has 1 atom stereocenters. The fourth-order valence-electron chi connectivity index (χ4n) is 3.60. The number of benzene rings is 1. The number of fused-ring (bicyclic) bond motifs is 1. The Morgan fingerprint density at radius 1 is 1.35 bits per heavy atom. The second kappa shape index (κ2) is 12.1. The Kier molecular flexibility index (Phi) is 9.18. The average molecular weight is 458 g/mol. The summed E-state index contributed by atoms with van der Waals surface area (Å²) in [7, 11) is 0. The topological polar surface area (TPSA) is 54.5 Å². The maximum atomic E-state index is 12.1. The van der Waals surface area contributed by atoms with E-state index in [2.05, 4.69) is 21.2 Å². The molecule has 0 bridgehead atoms. The molecule has 1 N–H and O–H groups in total. The van der Waals surface area contributed by atoms with Gasteiger partial charge < -0.3 is 14.4 Å². The highest BCUT2D eigenvalue weighted by Gasteiger charge is 2.22. The van der Waals surface area contributed by atoms with Crippen LogP contribution in [0.3, 0.4) is 0 Å². The zero-order chi connectivity index (χ0) is 22.1. The van der Waals surface area contributed by atoms with Crippen molar-refractivity contribution in [3.63, 3.8) is 0 Å². The number of amides is 1. The highest BCUT2D eigenvalue weighted by molar-refractivity contribution is 7.97. The van der Waals surface area contributed by atoms with Gasteiger partial charge in [-0.25, -0.2) is 4.98 Å². The first-order chi connectivity index (χ1) is 15.1. The minimum absolute atomic E-state index is 0.137. The Bertz CT molecular complexity index is 918. The van der Waals surface area contributed by atoms with Crippen molar-refractivity contribution in [1.29, 1.82) is 0 Å². The summed E-state index contributed by atoms with van der Waals surface area (Å²) in [5.74, 6) is 1.07. The number of nitrogens with zero attached hydrogens (tertiary/aromatic N) is 2. The number of hydrogen-bond acceptors (Lipinski definition) is 6. The van der Waals surface area contributed by atoms with Crippen LogP contribution in [0.1, 0.15) is 32.6 Å². The normalized spacial score (nSPS) is 18.3. The molecule has 0 spiro atoms. The van der Waals surface area contributed by atoms with Crippen molar-refractivity contribution >= 4 is 39.4 Å². The molecule has 1 fully saturated rings. The maximum absolute atomic E-state index is 12.1. The van der Waals surface area contributed by atoms with E-state index in [9.17, 15) is 4.79 Å².